The fourth-order valence-corrected chi connectivity index (χ4v) is 5.22. The zero-order valence-corrected chi connectivity index (χ0v) is 21.5. The molecule has 1 amide bonds. The van der Waals surface area contributed by atoms with E-state index in [0.717, 1.165) is 62.3 Å². The third-order valence-corrected chi connectivity index (χ3v) is 7.08. The van der Waals surface area contributed by atoms with Gasteiger partial charge in [0, 0.05) is 44.0 Å². The third-order valence-electron chi connectivity index (χ3n) is 7.08. The van der Waals surface area contributed by atoms with Crippen molar-refractivity contribution in [1.29, 1.82) is 0 Å². The lowest BCUT2D eigenvalue weighted by Crippen LogP contribution is -2.55. The minimum Gasteiger partial charge on any atom is -0.372 e. The highest BCUT2D eigenvalue weighted by atomic mass is 16.5. The van der Waals surface area contributed by atoms with Crippen molar-refractivity contribution in [3.05, 3.63) is 54.0 Å². The normalized spacial score (nSPS) is 18.0. The molecule has 1 saturated heterocycles. The van der Waals surface area contributed by atoms with Crippen molar-refractivity contribution in [2.24, 2.45) is 0 Å². The van der Waals surface area contributed by atoms with Crippen molar-refractivity contribution in [3.8, 4) is 11.3 Å². The predicted octanol–water partition coefficient (Wildman–Crippen LogP) is 4.94. The van der Waals surface area contributed by atoms with Crippen molar-refractivity contribution in [1.82, 2.24) is 24.6 Å². The highest BCUT2D eigenvalue weighted by molar-refractivity contribution is 5.78. The van der Waals surface area contributed by atoms with Gasteiger partial charge in [-0.1, -0.05) is 18.6 Å². The molecule has 5 rings (SSSR count). The van der Waals surface area contributed by atoms with Crippen molar-refractivity contribution in [3.63, 3.8) is 0 Å². The number of likely N-dealkylation sites (tertiary alicyclic amines) is 1. The molecule has 190 valence electrons. The number of aromatic nitrogens is 4. The van der Waals surface area contributed by atoms with E-state index in [-0.39, 0.29) is 24.0 Å². The second-order valence-electron chi connectivity index (χ2n) is 10.1. The van der Waals surface area contributed by atoms with E-state index in [2.05, 4.69) is 40.5 Å². The molecule has 1 atom stereocenters. The summed E-state index contributed by atoms with van der Waals surface area (Å²) in [5, 5.41) is 7.54. The number of ether oxygens (including phenoxy) is 1. The van der Waals surface area contributed by atoms with Gasteiger partial charge in [0.05, 0.1) is 29.8 Å². The third kappa shape index (κ3) is 5.59. The van der Waals surface area contributed by atoms with E-state index >= 15 is 0 Å². The molecule has 0 bridgehead atoms. The van der Waals surface area contributed by atoms with E-state index < -0.39 is 0 Å². The van der Waals surface area contributed by atoms with Crippen LogP contribution in [0.3, 0.4) is 0 Å². The van der Waals surface area contributed by atoms with Crippen LogP contribution in [-0.4, -0.2) is 55.9 Å². The number of nitrogens with one attached hydrogen (secondary N) is 1. The largest absolute Gasteiger partial charge is 0.372 e. The summed E-state index contributed by atoms with van der Waals surface area (Å²) < 4.78 is 7.68. The Morgan fingerprint density at radius 1 is 1.22 bits per heavy atom. The number of nitrogens with zero attached hydrogens (tertiary/aromatic N) is 5. The van der Waals surface area contributed by atoms with Gasteiger partial charge >= 0.3 is 0 Å². The van der Waals surface area contributed by atoms with Gasteiger partial charge < -0.3 is 15.0 Å². The molecule has 1 unspecified atom stereocenters. The molecule has 2 aromatic heterocycles. The molecule has 0 radical (unpaired) electrons. The number of rotatable bonds is 8. The Kier molecular flexibility index (Phi) is 7.32. The molecule has 8 nitrogen and oxygen atoms in total. The highest BCUT2D eigenvalue weighted by Crippen LogP contribution is 2.36. The predicted molar refractivity (Wildman–Crippen MR) is 140 cm³/mol. The Bertz CT molecular complexity index is 1200. The maximum atomic E-state index is 13.0. The van der Waals surface area contributed by atoms with Crippen LogP contribution in [0.5, 0.6) is 0 Å². The van der Waals surface area contributed by atoms with Crippen LogP contribution in [0.15, 0.2) is 42.9 Å². The van der Waals surface area contributed by atoms with Crippen LogP contribution in [0.25, 0.3) is 11.3 Å². The monoisotopic (exact) mass is 488 g/mol. The van der Waals surface area contributed by atoms with Crippen LogP contribution in [0.2, 0.25) is 0 Å². The lowest BCUT2D eigenvalue weighted by Gasteiger charge is -2.40. The Morgan fingerprint density at radius 2 is 2.08 bits per heavy atom. The van der Waals surface area contributed by atoms with Crippen LogP contribution < -0.4 is 5.32 Å². The lowest BCUT2D eigenvalue weighted by atomic mass is 9.88. The smallest absolute Gasteiger partial charge is 0.227 e. The SMILES string of the molecule is CCn1cc(Nc2nccc(-c3ccc4c(c3)CCCCC4CC(=O)N3CC(OC(C)C)C3)n2)cn1. The van der Waals surface area contributed by atoms with E-state index in [1.807, 2.05) is 35.7 Å². The Labute approximate surface area is 213 Å². The zero-order valence-electron chi connectivity index (χ0n) is 21.5. The molecular weight excluding hydrogens is 452 g/mol. The van der Waals surface area contributed by atoms with Gasteiger partial charge in [-0.3, -0.25) is 9.48 Å². The summed E-state index contributed by atoms with van der Waals surface area (Å²) in [7, 11) is 0. The van der Waals surface area contributed by atoms with Crippen LogP contribution in [0, 0.1) is 0 Å². The number of amides is 1. The topological polar surface area (TPSA) is 85.2 Å². The molecule has 3 aromatic rings. The summed E-state index contributed by atoms with van der Waals surface area (Å²) >= 11 is 0. The van der Waals surface area contributed by atoms with E-state index in [9.17, 15) is 4.79 Å². The summed E-state index contributed by atoms with van der Waals surface area (Å²) in [6.07, 6.45) is 10.9. The number of anilines is 2. The lowest BCUT2D eigenvalue weighted by molar-refractivity contribution is -0.148. The minimum atomic E-state index is 0.188. The number of hydrogen-bond acceptors (Lipinski definition) is 6. The average Bonchev–Trinajstić information content (AvgIpc) is 3.21. The van der Waals surface area contributed by atoms with Crippen molar-refractivity contribution < 1.29 is 9.53 Å². The molecule has 1 aliphatic carbocycles. The van der Waals surface area contributed by atoms with Crippen LogP contribution in [-0.2, 0) is 22.5 Å². The van der Waals surface area contributed by atoms with Gasteiger partial charge in [0.1, 0.15) is 0 Å². The van der Waals surface area contributed by atoms with Gasteiger partial charge in [0.15, 0.2) is 0 Å². The summed E-state index contributed by atoms with van der Waals surface area (Å²) in [6, 6.07) is 8.56. The van der Waals surface area contributed by atoms with Crippen LogP contribution in [0.1, 0.15) is 63.5 Å². The second kappa shape index (κ2) is 10.8. The number of benzene rings is 1. The first-order valence-corrected chi connectivity index (χ1v) is 13.2. The summed E-state index contributed by atoms with van der Waals surface area (Å²) in [5.74, 6) is 1.07. The van der Waals surface area contributed by atoms with Crippen molar-refractivity contribution in [2.45, 2.75) is 77.5 Å². The fourth-order valence-electron chi connectivity index (χ4n) is 5.22. The number of hydrogen-bond donors (Lipinski definition) is 1. The van der Waals surface area contributed by atoms with Gasteiger partial charge in [-0.15, -0.1) is 0 Å². The maximum absolute atomic E-state index is 13.0. The molecule has 0 spiro atoms. The second-order valence-corrected chi connectivity index (χ2v) is 10.1. The van der Waals surface area contributed by atoms with E-state index in [1.54, 1.807) is 12.4 Å². The maximum Gasteiger partial charge on any atom is 0.227 e. The molecule has 1 aliphatic heterocycles. The van der Waals surface area contributed by atoms with Crippen LogP contribution in [0.4, 0.5) is 11.6 Å². The summed E-state index contributed by atoms with van der Waals surface area (Å²) in [6.45, 7) is 8.40. The number of carbonyl (C=O) groups excluding carboxylic acids is 1. The molecule has 0 saturated carbocycles. The zero-order chi connectivity index (χ0) is 25.1. The molecule has 1 fully saturated rings. The van der Waals surface area contributed by atoms with Crippen molar-refractivity contribution in [2.75, 3.05) is 18.4 Å². The quantitative estimate of drug-likeness (QED) is 0.452. The first-order chi connectivity index (χ1) is 17.5. The number of aryl methyl sites for hydroxylation is 2. The fraction of sp³-hybridized carbons (Fsp3) is 0.500. The van der Waals surface area contributed by atoms with E-state index in [0.29, 0.717) is 12.4 Å². The Balaban J connectivity index is 1.29. The van der Waals surface area contributed by atoms with Gasteiger partial charge in [0.25, 0.3) is 0 Å². The molecule has 1 N–H and O–H groups in total. The van der Waals surface area contributed by atoms with Crippen molar-refractivity contribution >= 4 is 17.5 Å². The standard InChI is InChI=1S/C28H36N6O2/c1-4-34-16-23(15-30-34)31-28-29-12-11-26(32-28)22-9-10-25-20(13-22)7-5-6-8-21(25)14-27(35)33-17-24(18-33)36-19(2)3/h9-13,15-16,19,21,24H,4-8,14,17-18H2,1-3H3,(H,29,31,32). The molecule has 1 aromatic carbocycles. The Hall–Kier alpha value is -3.26. The molecule has 3 heterocycles. The van der Waals surface area contributed by atoms with E-state index in [1.165, 1.54) is 11.1 Å². The molecule has 2 aliphatic rings. The molecule has 8 heteroatoms. The first-order valence-electron chi connectivity index (χ1n) is 13.2. The molecule has 36 heavy (non-hydrogen) atoms. The van der Waals surface area contributed by atoms with Gasteiger partial charge in [-0.25, -0.2) is 9.97 Å². The number of fused-ring (bicyclic) bond motifs is 1. The van der Waals surface area contributed by atoms with Gasteiger partial charge in [-0.2, -0.15) is 5.10 Å². The number of carbonyl (C=O) groups is 1. The Morgan fingerprint density at radius 3 is 2.86 bits per heavy atom. The van der Waals surface area contributed by atoms with E-state index in [4.69, 9.17) is 9.72 Å². The molecular formula is C28H36N6O2. The van der Waals surface area contributed by atoms with Gasteiger partial charge in [0.2, 0.25) is 11.9 Å². The summed E-state index contributed by atoms with van der Waals surface area (Å²) in [4.78, 5) is 24.1. The van der Waals surface area contributed by atoms with Crippen LogP contribution >= 0.6 is 0 Å². The minimum absolute atomic E-state index is 0.188. The first kappa shape index (κ1) is 24.4. The summed E-state index contributed by atoms with van der Waals surface area (Å²) in [5.41, 5.74) is 5.48. The highest BCUT2D eigenvalue weighted by Gasteiger charge is 2.33. The average molecular weight is 489 g/mol. The van der Waals surface area contributed by atoms with Gasteiger partial charge in [-0.05, 0) is 69.2 Å².